The van der Waals surface area contributed by atoms with E-state index in [0.29, 0.717) is 12.1 Å². The van der Waals surface area contributed by atoms with Crippen LogP contribution in [0.25, 0.3) is 5.69 Å². The lowest BCUT2D eigenvalue weighted by atomic mass is 10.2. The molecular weight excluding hydrogens is 405 g/mol. The molecular formula is C12H4Cl2F6N2OS. The Morgan fingerprint density at radius 1 is 1.08 bits per heavy atom. The minimum atomic E-state index is -4.71. The van der Waals surface area contributed by atoms with Crippen LogP contribution >= 0.6 is 35.0 Å². The maximum Gasteiger partial charge on any atom is 0.446 e. The van der Waals surface area contributed by atoms with Crippen LogP contribution in [-0.4, -0.2) is 21.6 Å². The molecule has 2 aromatic rings. The maximum absolute atomic E-state index is 12.7. The molecule has 24 heavy (non-hydrogen) atoms. The van der Waals surface area contributed by atoms with Gasteiger partial charge in [0, 0.05) is 6.20 Å². The van der Waals surface area contributed by atoms with E-state index in [1.54, 1.807) is 0 Å². The van der Waals surface area contributed by atoms with Gasteiger partial charge in [-0.3, -0.25) is 4.79 Å². The first-order valence-electron chi connectivity index (χ1n) is 5.79. The molecule has 0 unspecified atom stereocenters. The average Bonchev–Trinajstić information content (AvgIpc) is 2.77. The van der Waals surface area contributed by atoms with E-state index in [-0.39, 0.29) is 12.0 Å². The summed E-state index contributed by atoms with van der Waals surface area (Å²) in [6, 6.07) is 1.11. The van der Waals surface area contributed by atoms with E-state index in [0.717, 1.165) is 10.9 Å². The second kappa shape index (κ2) is 6.49. The Bertz CT molecular complexity index is 764. The SMILES string of the molecule is O=Cc1nn(-c2c(Cl)cc(C(F)(F)F)cc2Cl)cc1SC(F)(F)F. The summed E-state index contributed by atoms with van der Waals surface area (Å²) in [7, 11) is 0. The van der Waals surface area contributed by atoms with Crippen LogP contribution in [0.3, 0.4) is 0 Å². The van der Waals surface area contributed by atoms with Crippen molar-refractivity contribution in [3.63, 3.8) is 0 Å². The molecule has 0 spiro atoms. The molecule has 130 valence electrons. The van der Waals surface area contributed by atoms with Gasteiger partial charge in [0.2, 0.25) is 0 Å². The molecule has 0 atom stereocenters. The minimum absolute atomic E-state index is 0.0798. The van der Waals surface area contributed by atoms with Crippen molar-refractivity contribution in [1.82, 2.24) is 9.78 Å². The van der Waals surface area contributed by atoms with Crippen molar-refractivity contribution in [2.75, 3.05) is 0 Å². The number of carbonyl (C=O) groups is 1. The average molecular weight is 409 g/mol. The number of nitrogens with zero attached hydrogens (tertiary/aromatic N) is 2. The Hall–Kier alpha value is -1.39. The number of hydrogen-bond donors (Lipinski definition) is 0. The molecule has 1 heterocycles. The largest absolute Gasteiger partial charge is 0.446 e. The quantitative estimate of drug-likeness (QED) is 0.375. The van der Waals surface area contributed by atoms with Crippen LogP contribution in [0.4, 0.5) is 26.3 Å². The van der Waals surface area contributed by atoms with Crippen LogP contribution in [0.15, 0.2) is 23.2 Å². The van der Waals surface area contributed by atoms with Gasteiger partial charge in [-0.15, -0.1) is 0 Å². The fourth-order valence-electron chi connectivity index (χ4n) is 1.72. The summed E-state index contributed by atoms with van der Waals surface area (Å²) in [6.45, 7) is 0. The molecule has 12 heteroatoms. The van der Waals surface area contributed by atoms with Gasteiger partial charge in [-0.25, -0.2) is 4.68 Å². The van der Waals surface area contributed by atoms with Crippen LogP contribution < -0.4 is 0 Å². The number of aromatic nitrogens is 2. The van der Waals surface area contributed by atoms with E-state index in [1.165, 1.54) is 0 Å². The lowest BCUT2D eigenvalue weighted by Gasteiger charge is -2.12. The van der Waals surface area contributed by atoms with E-state index in [4.69, 9.17) is 23.2 Å². The predicted molar refractivity (Wildman–Crippen MR) is 75.9 cm³/mol. The van der Waals surface area contributed by atoms with Crippen LogP contribution in [0.1, 0.15) is 16.1 Å². The number of halogens is 8. The lowest BCUT2D eigenvalue weighted by Crippen LogP contribution is -2.07. The summed E-state index contributed by atoms with van der Waals surface area (Å²) in [6.07, 6.45) is -3.82. The van der Waals surface area contributed by atoms with Gasteiger partial charge in [-0.05, 0) is 23.9 Å². The Morgan fingerprint density at radius 2 is 1.62 bits per heavy atom. The van der Waals surface area contributed by atoms with E-state index >= 15 is 0 Å². The molecule has 1 aromatic carbocycles. The van der Waals surface area contributed by atoms with Crippen LogP contribution in [0.5, 0.6) is 0 Å². The number of carbonyl (C=O) groups excluding carboxylic acids is 1. The first-order valence-corrected chi connectivity index (χ1v) is 7.37. The van der Waals surface area contributed by atoms with Gasteiger partial charge in [0.05, 0.1) is 20.5 Å². The first kappa shape index (κ1) is 18.9. The monoisotopic (exact) mass is 408 g/mol. The van der Waals surface area contributed by atoms with Crippen molar-refractivity contribution in [2.45, 2.75) is 16.6 Å². The van der Waals surface area contributed by atoms with Gasteiger partial charge in [-0.2, -0.15) is 31.4 Å². The number of benzene rings is 1. The van der Waals surface area contributed by atoms with Gasteiger partial charge in [0.15, 0.2) is 6.29 Å². The summed E-state index contributed by atoms with van der Waals surface area (Å²) in [5.41, 5.74) is -6.64. The summed E-state index contributed by atoms with van der Waals surface area (Å²) in [5.74, 6) is 0. The molecule has 0 aliphatic carbocycles. The fourth-order valence-corrected chi connectivity index (χ4v) is 2.97. The second-order valence-electron chi connectivity index (χ2n) is 4.28. The zero-order valence-corrected chi connectivity index (χ0v) is 13.4. The molecule has 3 nitrogen and oxygen atoms in total. The first-order chi connectivity index (χ1) is 10.9. The van der Waals surface area contributed by atoms with E-state index in [2.05, 4.69) is 5.10 Å². The van der Waals surface area contributed by atoms with Crippen LogP contribution in [-0.2, 0) is 6.18 Å². The molecule has 0 aliphatic heterocycles. The van der Waals surface area contributed by atoms with Crippen LogP contribution in [0, 0.1) is 0 Å². The molecule has 0 N–H and O–H groups in total. The molecule has 1 aromatic heterocycles. The van der Waals surface area contributed by atoms with Crippen molar-refractivity contribution in [1.29, 1.82) is 0 Å². The topological polar surface area (TPSA) is 34.9 Å². The highest BCUT2D eigenvalue weighted by molar-refractivity contribution is 8.00. The molecule has 0 saturated carbocycles. The van der Waals surface area contributed by atoms with Gasteiger partial charge < -0.3 is 0 Å². The van der Waals surface area contributed by atoms with Crippen molar-refractivity contribution in [2.24, 2.45) is 0 Å². The summed E-state index contributed by atoms with van der Waals surface area (Å²) in [5, 5.41) is 2.60. The molecule has 0 aliphatic rings. The van der Waals surface area contributed by atoms with Gasteiger partial charge in [0.25, 0.3) is 0 Å². The standard InChI is InChI=1S/C12H4Cl2F6N2OS/c13-6-1-5(11(15,16)17)2-7(14)10(6)22-3-9(8(4-23)21-22)24-12(18,19)20/h1-4H. The lowest BCUT2D eigenvalue weighted by molar-refractivity contribution is -0.137. The van der Waals surface area contributed by atoms with Crippen molar-refractivity contribution < 1.29 is 31.1 Å². The van der Waals surface area contributed by atoms with E-state index < -0.39 is 49.6 Å². The maximum atomic E-state index is 12.7. The van der Waals surface area contributed by atoms with E-state index in [9.17, 15) is 31.1 Å². The third-order valence-electron chi connectivity index (χ3n) is 2.62. The highest BCUT2D eigenvalue weighted by atomic mass is 35.5. The fraction of sp³-hybridized carbons (Fsp3) is 0.167. The Labute approximate surface area is 144 Å². The molecule has 0 amide bonds. The third-order valence-corrected chi connectivity index (χ3v) is 3.96. The zero-order chi connectivity index (χ0) is 18.3. The summed E-state index contributed by atoms with van der Waals surface area (Å²) < 4.78 is 76.1. The molecule has 0 radical (unpaired) electrons. The smallest absolute Gasteiger partial charge is 0.296 e. The number of hydrogen-bond acceptors (Lipinski definition) is 3. The van der Waals surface area contributed by atoms with Gasteiger partial charge in [0.1, 0.15) is 11.4 Å². The molecule has 0 saturated heterocycles. The van der Waals surface area contributed by atoms with Crippen LogP contribution in [0.2, 0.25) is 10.0 Å². The number of alkyl halides is 6. The van der Waals surface area contributed by atoms with Crippen molar-refractivity contribution in [3.05, 3.63) is 39.6 Å². The number of thioether (sulfide) groups is 1. The minimum Gasteiger partial charge on any atom is -0.296 e. The Balaban J connectivity index is 2.55. The van der Waals surface area contributed by atoms with Gasteiger partial charge >= 0.3 is 11.7 Å². The third kappa shape index (κ3) is 4.17. The highest BCUT2D eigenvalue weighted by Crippen LogP contribution is 2.40. The highest BCUT2D eigenvalue weighted by Gasteiger charge is 2.34. The zero-order valence-electron chi connectivity index (χ0n) is 11.0. The predicted octanol–water partition coefficient (Wildman–Crippen LogP) is 5.62. The molecule has 0 bridgehead atoms. The normalized spacial score (nSPS) is 12.5. The second-order valence-corrected chi connectivity index (χ2v) is 6.20. The number of aldehydes is 1. The Morgan fingerprint density at radius 3 is 2.04 bits per heavy atom. The summed E-state index contributed by atoms with van der Waals surface area (Å²) >= 11 is 10.9. The van der Waals surface area contributed by atoms with E-state index in [1.807, 2.05) is 0 Å². The molecule has 0 fully saturated rings. The molecule has 2 rings (SSSR count). The summed E-state index contributed by atoms with van der Waals surface area (Å²) in [4.78, 5) is 10.3. The van der Waals surface area contributed by atoms with Crippen molar-refractivity contribution in [3.8, 4) is 5.69 Å². The Kier molecular flexibility index (Phi) is 5.12. The van der Waals surface area contributed by atoms with Gasteiger partial charge in [-0.1, -0.05) is 23.2 Å². The van der Waals surface area contributed by atoms with Crippen molar-refractivity contribution >= 4 is 41.2 Å². The number of rotatable bonds is 3.